The topological polar surface area (TPSA) is 82.4 Å². The summed E-state index contributed by atoms with van der Waals surface area (Å²) in [4.78, 5) is 24.2. The molecular weight excluding hydrogens is 542 g/mol. The lowest BCUT2D eigenvalue weighted by molar-refractivity contribution is 0.00828. The minimum absolute atomic E-state index is 0.235. The minimum Gasteiger partial charge on any atom is -0.444 e. The van der Waals surface area contributed by atoms with Gasteiger partial charge in [-0.2, -0.15) is 5.10 Å². The fourth-order valence-corrected chi connectivity index (χ4v) is 6.80. The Morgan fingerprint density at radius 1 is 1.05 bits per heavy atom. The standard InChI is InChI=1S/C33H47N5O3Si/c1-32(2,3)41-31(39)37-17-23(18-37)25-10-9-11-27-30(25)34-16-28(35-27)26-19-38(36-29(26)22-12-13-22)24-14-21(15-24)20-40-42(7,8)33(4,5)6/h9-11,16,19,21-24H,12-15,17-18,20H2,1-8H3/t21-,24-. The number of nitrogens with zero attached hydrogens (tertiary/aromatic N) is 5. The summed E-state index contributed by atoms with van der Waals surface area (Å²) in [6, 6.07) is 6.64. The summed E-state index contributed by atoms with van der Waals surface area (Å²) in [5, 5.41) is 5.36. The molecule has 3 fully saturated rings. The second kappa shape index (κ2) is 10.4. The molecule has 42 heavy (non-hydrogen) atoms. The summed E-state index contributed by atoms with van der Waals surface area (Å²) in [7, 11) is -1.72. The molecule has 2 saturated carbocycles. The van der Waals surface area contributed by atoms with Crippen LogP contribution in [0.3, 0.4) is 0 Å². The fourth-order valence-electron chi connectivity index (χ4n) is 5.72. The van der Waals surface area contributed by atoms with Gasteiger partial charge < -0.3 is 14.1 Å². The first-order chi connectivity index (χ1) is 19.7. The lowest BCUT2D eigenvalue weighted by Gasteiger charge is -2.41. The molecule has 1 amide bonds. The van der Waals surface area contributed by atoms with E-state index in [1.165, 1.54) is 18.5 Å². The van der Waals surface area contributed by atoms with E-state index in [1.54, 1.807) is 4.90 Å². The number of rotatable bonds is 7. The number of hydrogen-bond donors (Lipinski definition) is 0. The highest BCUT2D eigenvalue weighted by Gasteiger charge is 2.40. The molecule has 1 aliphatic heterocycles. The van der Waals surface area contributed by atoms with Crippen molar-refractivity contribution in [3.05, 3.63) is 41.9 Å². The normalized spacial score (nSPS) is 21.8. The maximum Gasteiger partial charge on any atom is 0.410 e. The van der Waals surface area contributed by atoms with E-state index >= 15 is 0 Å². The molecule has 0 spiro atoms. The van der Waals surface area contributed by atoms with Gasteiger partial charge in [0.05, 0.1) is 34.7 Å². The molecular formula is C33H47N5O3Si. The van der Waals surface area contributed by atoms with Gasteiger partial charge in [0, 0.05) is 43.3 Å². The number of hydrogen-bond acceptors (Lipinski definition) is 6. The monoisotopic (exact) mass is 589 g/mol. The van der Waals surface area contributed by atoms with E-state index < -0.39 is 13.9 Å². The van der Waals surface area contributed by atoms with Crippen molar-refractivity contribution in [1.82, 2.24) is 24.6 Å². The zero-order chi connectivity index (χ0) is 30.0. The molecule has 3 aromatic rings. The molecule has 9 heteroatoms. The van der Waals surface area contributed by atoms with Gasteiger partial charge in [-0.15, -0.1) is 0 Å². The maximum absolute atomic E-state index is 12.4. The van der Waals surface area contributed by atoms with E-state index in [2.05, 4.69) is 56.9 Å². The van der Waals surface area contributed by atoms with Crippen LogP contribution in [0.4, 0.5) is 4.79 Å². The van der Waals surface area contributed by atoms with Gasteiger partial charge >= 0.3 is 6.09 Å². The van der Waals surface area contributed by atoms with E-state index in [9.17, 15) is 4.79 Å². The van der Waals surface area contributed by atoms with Crippen LogP contribution in [0.5, 0.6) is 0 Å². The van der Waals surface area contributed by atoms with Crippen LogP contribution in [0.2, 0.25) is 18.1 Å². The van der Waals surface area contributed by atoms with E-state index in [-0.39, 0.29) is 17.0 Å². The quantitative estimate of drug-likeness (QED) is 0.263. The van der Waals surface area contributed by atoms with Gasteiger partial charge in [-0.05, 0) is 82.1 Å². The van der Waals surface area contributed by atoms with E-state index in [0.29, 0.717) is 31.0 Å². The van der Waals surface area contributed by atoms with Crippen molar-refractivity contribution in [3.63, 3.8) is 0 Å². The van der Waals surface area contributed by atoms with Crippen LogP contribution in [0.15, 0.2) is 30.6 Å². The molecule has 226 valence electrons. The third-order valence-corrected chi connectivity index (χ3v) is 14.1. The van der Waals surface area contributed by atoms with Gasteiger partial charge in [0.2, 0.25) is 0 Å². The van der Waals surface area contributed by atoms with Crippen molar-refractivity contribution in [2.45, 2.75) is 109 Å². The molecule has 1 saturated heterocycles. The van der Waals surface area contributed by atoms with E-state index in [0.717, 1.165) is 47.3 Å². The number of likely N-dealkylation sites (tertiary alicyclic amines) is 1. The SMILES string of the molecule is CC(C)(C)OC(=O)N1CC(c2cccc3nc(-c4cn([C@H]5C[C@H](CO[Si](C)(C)C(C)(C)C)C5)nc4C4CC4)cnc23)C1. The molecule has 0 atom stereocenters. The molecule has 0 unspecified atom stereocenters. The van der Waals surface area contributed by atoms with Crippen LogP contribution in [0.1, 0.15) is 96.4 Å². The van der Waals surface area contributed by atoms with Crippen LogP contribution in [-0.4, -0.2) is 64.4 Å². The van der Waals surface area contributed by atoms with Crippen LogP contribution in [0.25, 0.3) is 22.3 Å². The summed E-state index contributed by atoms with van der Waals surface area (Å²) in [6.07, 6.45) is 8.51. The summed E-state index contributed by atoms with van der Waals surface area (Å²) < 4.78 is 14.2. The molecule has 0 radical (unpaired) electrons. The Kier molecular flexibility index (Phi) is 7.28. The molecule has 1 aromatic carbocycles. The third kappa shape index (κ3) is 5.87. The van der Waals surface area contributed by atoms with E-state index in [4.69, 9.17) is 24.2 Å². The van der Waals surface area contributed by atoms with Gasteiger partial charge in [0.1, 0.15) is 5.60 Å². The van der Waals surface area contributed by atoms with Gasteiger partial charge in [-0.1, -0.05) is 32.9 Å². The van der Waals surface area contributed by atoms with Crippen LogP contribution >= 0.6 is 0 Å². The Balaban J connectivity index is 1.15. The number of para-hydroxylation sites is 1. The van der Waals surface area contributed by atoms with Crippen LogP contribution in [0, 0.1) is 5.92 Å². The Morgan fingerprint density at radius 2 is 1.76 bits per heavy atom. The summed E-state index contributed by atoms with van der Waals surface area (Å²) >= 11 is 0. The molecule has 0 bridgehead atoms. The average Bonchev–Trinajstić information content (AvgIpc) is 3.59. The van der Waals surface area contributed by atoms with E-state index in [1.807, 2.05) is 33.0 Å². The first kappa shape index (κ1) is 29.3. The number of aromatic nitrogens is 4. The average molecular weight is 590 g/mol. The molecule has 3 heterocycles. The predicted molar refractivity (Wildman–Crippen MR) is 168 cm³/mol. The van der Waals surface area contributed by atoms with Gasteiger partial charge in [-0.25, -0.2) is 9.78 Å². The lowest BCUT2D eigenvalue weighted by atomic mass is 9.81. The number of carbonyl (C=O) groups excluding carboxylic acids is 1. The molecule has 0 N–H and O–H groups in total. The van der Waals surface area contributed by atoms with Crippen molar-refractivity contribution < 1.29 is 14.0 Å². The highest BCUT2D eigenvalue weighted by molar-refractivity contribution is 6.74. The maximum atomic E-state index is 12.4. The highest BCUT2D eigenvalue weighted by Crippen LogP contribution is 2.46. The predicted octanol–water partition coefficient (Wildman–Crippen LogP) is 7.68. The number of ether oxygens (including phenoxy) is 1. The number of benzene rings is 1. The molecule has 8 nitrogen and oxygen atoms in total. The Bertz CT molecular complexity index is 1470. The zero-order valence-electron chi connectivity index (χ0n) is 26.6. The summed E-state index contributed by atoms with van der Waals surface area (Å²) in [6.45, 7) is 19.4. The van der Waals surface area contributed by atoms with Crippen molar-refractivity contribution in [3.8, 4) is 11.3 Å². The minimum atomic E-state index is -1.72. The highest BCUT2D eigenvalue weighted by atomic mass is 28.4. The smallest absolute Gasteiger partial charge is 0.410 e. The third-order valence-electron chi connectivity index (χ3n) is 9.65. The summed E-state index contributed by atoms with van der Waals surface area (Å²) in [5.41, 5.74) is 5.65. The Labute approximate surface area is 251 Å². The van der Waals surface area contributed by atoms with Crippen LogP contribution < -0.4 is 0 Å². The van der Waals surface area contributed by atoms with Crippen molar-refractivity contribution in [2.75, 3.05) is 19.7 Å². The molecule has 6 rings (SSSR count). The number of fused-ring (bicyclic) bond motifs is 1. The lowest BCUT2D eigenvalue weighted by Crippen LogP contribution is -2.50. The fraction of sp³-hybridized carbons (Fsp3) is 0.636. The van der Waals surface area contributed by atoms with Gasteiger partial charge in [0.15, 0.2) is 8.32 Å². The van der Waals surface area contributed by atoms with Crippen molar-refractivity contribution in [1.29, 1.82) is 0 Å². The molecule has 2 aliphatic carbocycles. The number of carbonyl (C=O) groups is 1. The van der Waals surface area contributed by atoms with Gasteiger partial charge in [0.25, 0.3) is 0 Å². The number of amides is 1. The Hall–Kier alpha value is -2.78. The first-order valence-corrected chi connectivity index (χ1v) is 18.6. The van der Waals surface area contributed by atoms with Crippen molar-refractivity contribution in [2.24, 2.45) is 5.92 Å². The molecule has 3 aliphatic rings. The summed E-state index contributed by atoms with van der Waals surface area (Å²) in [5.74, 6) is 1.37. The first-order valence-electron chi connectivity index (χ1n) is 15.7. The Morgan fingerprint density at radius 3 is 2.40 bits per heavy atom. The second-order valence-electron chi connectivity index (χ2n) is 15.3. The largest absolute Gasteiger partial charge is 0.444 e. The van der Waals surface area contributed by atoms with Crippen molar-refractivity contribution >= 4 is 25.4 Å². The second-order valence-corrected chi connectivity index (χ2v) is 20.1. The van der Waals surface area contributed by atoms with Crippen LogP contribution in [-0.2, 0) is 9.16 Å². The zero-order valence-corrected chi connectivity index (χ0v) is 27.6. The van der Waals surface area contributed by atoms with Gasteiger partial charge in [-0.3, -0.25) is 9.67 Å². The molecule has 2 aromatic heterocycles.